The highest BCUT2D eigenvalue weighted by atomic mass is 35.5. The van der Waals surface area contributed by atoms with Gasteiger partial charge in [-0.3, -0.25) is 0 Å². The Balaban J connectivity index is 2.13. The molecule has 2 aromatic rings. The Hall–Kier alpha value is -1.59. The number of nitrogens with two attached hydrogens (primary N) is 1. The van der Waals surface area contributed by atoms with Gasteiger partial charge in [0.15, 0.2) is 5.82 Å². The molecule has 0 bridgehead atoms. The number of anilines is 1. The summed E-state index contributed by atoms with van der Waals surface area (Å²) in [5.74, 6) is 0.899. The van der Waals surface area contributed by atoms with E-state index in [0.717, 1.165) is 6.42 Å². The first kappa shape index (κ1) is 12.9. The number of benzene rings is 1. The minimum Gasteiger partial charge on any atom is -0.399 e. The van der Waals surface area contributed by atoms with Gasteiger partial charge in [0.1, 0.15) is 6.61 Å². The van der Waals surface area contributed by atoms with Crippen molar-refractivity contribution in [1.82, 2.24) is 10.1 Å². The van der Waals surface area contributed by atoms with E-state index in [1.165, 1.54) is 0 Å². The molecule has 0 spiro atoms. The van der Waals surface area contributed by atoms with Crippen LogP contribution in [0.3, 0.4) is 0 Å². The Labute approximate surface area is 110 Å². The molecular formula is C12H14ClN3O2. The molecule has 5 nitrogen and oxygen atoms in total. The van der Waals surface area contributed by atoms with Crippen molar-refractivity contribution in [2.75, 3.05) is 12.3 Å². The maximum atomic E-state index is 5.91. The first-order chi connectivity index (χ1) is 8.69. The Bertz CT molecular complexity index is 508. The van der Waals surface area contributed by atoms with Gasteiger partial charge >= 0.3 is 0 Å². The topological polar surface area (TPSA) is 74.2 Å². The van der Waals surface area contributed by atoms with E-state index in [1.54, 1.807) is 18.2 Å². The average molecular weight is 268 g/mol. The fourth-order valence-corrected chi connectivity index (χ4v) is 1.72. The Kier molecular flexibility index (Phi) is 4.17. The van der Waals surface area contributed by atoms with Crippen LogP contribution in [0.5, 0.6) is 0 Å². The molecule has 0 saturated carbocycles. The van der Waals surface area contributed by atoms with Crippen molar-refractivity contribution in [3.63, 3.8) is 0 Å². The van der Waals surface area contributed by atoms with Gasteiger partial charge in [-0.2, -0.15) is 4.98 Å². The summed E-state index contributed by atoms with van der Waals surface area (Å²) in [7, 11) is 0. The number of hydrogen-bond acceptors (Lipinski definition) is 5. The second kappa shape index (κ2) is 5.84. The molecule has 2 N–H and O–H groups in total. The molecule has 0 unspecified atom stereocenters. The zero-order valence-corrected chi connectivity index (χ0v) is 10.8. The summed E-state index contributed by atoms with van der Waals surface area (Å²) < 4.78 is 10.5. The lowest BCUT2D eigenvalue weighted by atomic mass is 10.2. The maximum absolute atomic E-state index is 5.91. The highest BCUT2D eigenvalue weighted by molar-refractivity contribution is 6.31. The molecule has 0 aliphatic rings. The summed E-state index contributed by atoms with van der Waals surface area (Å²) >= 11 is 5.91. The molecular weight excluding hydrogens is 254 g/mol. The summed E-state index contributed by atoms with van der Waals surface area (Å²) in [6.07, 6.45) is 0.954. The smallest absolute Gasteiger partial charge is 0.258 e. The van der Waals surface area contributed by atoms with E-state index < -0.39 is 0 Å². The van der Waals surface area contributed by atoms with Crippen molar-refractivity contribution >= 4 is 17.3 Å². The largest absolute Gasteiger partial charge is 0.399 e. The third kappa shape index (κ3) is 3.21. The van der Waals surface area contributed by atoms with Crippen molar-refractivity contribution < 1.29 is 9.26 Å². The molecule has 6 heteroatoms. The third-order valence-electron chi connectivity index (χ3n) is 2.21. The number of aromatic nitrogens is 2. The monoisotopic (exact) mass is 267 g/mol. The highest BCUT2D eigenvalue weighted by Crippen LogP contribution is 2.24. The van der Waals surface area contributed by atoms with Crippen LogP contribution < -0.4 is 5.73 Å². The van der Waals surface area contributed by atoms with E-state index in [-0.39, 0.29) is 0 Å². The summed E-state index contributed by atoms with van der Waals surface area (Å²) in [5, 5.41) is 4.36. The minimum atomic E-state index is 0.341. The highest BCUT2D eigenvalue weighted by Gasteiger charge is 2.10. The third-order valence-corrected chi connectivity index (χ3v) is 2.43. The molecule has 0 saturated heterocycles. The van der Waals surface area contributed by atoms with Crippen molar-refractivity contribution in [3.05, 3.63) is 29.0 Å². The molecule has 0 aliphatic carbocycles. The summed E-state index contributed by atoms with van der Waals surface area (Å²) in [6, 6.07) is 5.12. The zero-order valence-electron chi connectivity index (χ0n) is 10.0. The molecule has 2 rings (SSSR count). The van der Waals surface area contributed by atoms with Gasteiger partial charge in [0.05, 0.1) is 0 Å². The number of ether oxygens (including phenoxy) is 1. The van der Waals surface area contributed by atoms with E-state index in [9.17, 15) is 0 Å². The van der Waals surface area contributed by atoms with E-state index in [0.29, 0.717) is 41.2 Å². The number of nitrogens with zero attached hydrogens (tertiary/aromatic N) is 2. The molecule has 0 atom stereocenters. The van der Waals surface area contributed by atoms with Gasteiger partial charge in [-0.25, -0.2) is 0 Å². The van der Waals surface area contributed by atoms with Crippen LogP contribution in [0.2, 0.25) is 5.02 Å². The van der Waals surface area contributed by atoms with Crippen LogP contribution >= 0.6 is 11.6 Å². The van der Waals surface area contributed by atoms with Crippen LogP contribution in [0, 0.1) is 0 Å². The van der Waals surface area contributed by atoms with Gasteiger partial charge in [-0.15, -0.1) is 0 Å². The van der Waals surface area contributed by atoms with E-state index in [2.05, 4.69) is 10.1 Å². The van der Waals surface area contributed by atoms with Crippen LogP contribution in [0.1, 0.15) is 19.2 Å². The van der Waals surface area contributed by atoms with E-state index in [4.69, 9.17) is 26.6 Å². The second-order valence-corrected chi connectivity index (χ2v) is 4.28. The Morgan fingerprint density at radius 1 is 1.39 bits per heavy atom. The zero-order chi connectivity index (χ0) is 13.0. The minimum absolute atomic E-state index is 0.341. The van der Waals surface area contributed by atoms with E-state index >= 15 is 0 Å². The predicted molar refractivity (Wildman–Crippen MR) is 69.1 cm³/mol. The quantitative estimate of drug-likeness (QED) is 0.666. The normalized spacial score (nSPS) is 10.8. The average Bonchev–Trinajstić information content (AvgIpc) is 2.77. The molecule has 0 fully saturated rings. The molecule has 18 heavy (non-hydrogen) atoms. The van der Waals surface area contributed by atoms with E-state index in [1.807, 2.05) is 6.92 Å². The van der Waals surface area contributed by atoms with Crippen LogP contribution in [-0.2, 0) is 11.3 Å². The van der Waals surface area contributed by atoms with Crippen molar-refractivity contribution in [3.8, 4) is 11.5 Å². The van der Waals surface area contributed by atoms with Crippen molar-refractivity contribution in [1.29, 1.82) is 0 Å². The van der Waals surface area contributed by atoms with Gasteiger partial charge in [0, 0.05) is 22.9 Å². The Morgan fingerprint density at radius 2 is 2.22 bits per heavy atom. The lowest BCUT2D eigenvalue weighted by Gasteiger charge is -1.98. The van der Waals surface area contributed by atoms with Gasteiger partial charge in [-0.1, -0.05) is 23.7 Å². The molecule has 1 aromatic heterocycles. The van der Waals surface area contributed by atoms with Crippen LogP contribution in [-0.4, -0.2) is 16.7 Å². The molecule has 0 amide bonds. The van der Waals surface area contributed by atoms with Crippen molar-refractivity contribution in [2.24, 2.45) is 0 Å². The molecule has 0 aliphatic heterocycles. The van der Waals surface area contributed by atoms with Crippen LogP contribution in [0.15, 0.2) is 22.7 Å². The predicted octanol–water partition coefficient (Wildman–Crippen LogP) is 2.90. The van der Waals surface area contributed by atoms with Gasteiger partial charge in [0.25, 0.3) is 5.89 Å². The summed E-state index contributed by atoms with van der Waals surface area (Å²) in [6.45, 7) is 3.05. The lowest BCUT2D eigenvalue weighted by Crippen LogP contribution is -1.95. The fourth-order valence-electron chi connectivity index (χ4n) is 1.47. The first-order valence-corrected chi connectivity index (χ1v) is 6.03. The molecule has 96 valence electrons. The molecule has 1 heterocycles. The number of rotatable bonds is 5. The van der Waals surface area contributed by atoms with Crippen molar-refractivity contribution in [2.45, 2.75) is 20.0 Å². The first-order valence-electron chi connectivity index (χ1n) is 5.66. The van der Waals surface area contributed by atoms with Crippen LogP contribution in [0.4, 0.5) is 5.69 Å². The Morgan fingerprint density at radius 3 is 2.94 bits per heavy atom. The van der Waals surface area contributed by atoms with Gasteiger partial charge < -0.3 is 15.0 Å². The van der Waals surface area contributed by atoms with Gasteiger partial charge in [0.2, 0.25) is 0 Å². The number of halogens is 1. The second-order valence-electron chi connectivity index (χ2n) is 3.84. The van der Waals surface area contributed by atoms with Gasteiger partial charge in [-0.05, 0) is 24.6 Å². The SMILES string of the molecule is CCCOCc1noc(-c2cc(N)cc(Cl)c2)n1. The lowest BCUT2D eigenvalue weighted by molar-refractivity contribution is 0.114. The fraction of sp³-hybridized carbons (Fsp3) is 0.333. The van der Waals surface area contributed by atoms with Crippen LogP contribution in [0.25, 0.3) is 11.5 Å². The summed E-state index contributed by atoms with van der Waals surface area (Å²) in [4.78, 5) is 4.22. The molecule has 1 aromatic carbocycles. The molecule has 0 radical (unpaired) electrons. The maximum Gasteiger partial charge on any atom is 0.258 e. The summed E-state index contributed by atoms with van der Waals surface area (Å²) in [5.41, 5.74) is 6.96. The number of hydrogen-bond donors (Lipinski definition) is 1. The number of nitrogen functional groups attached to an aromatic ring is 1. The standard InChI is InChI=1S/C12H14ClN3O2/c1-2-3-17-7-11-15-12(18-16-11)8-4-9(13)6-10(14)5-8/h4-6H,2-3,7,14H2,1H3.